The van der Waals surface area contributed by atoms with E-state index in [0.717, 1.165) is 0 Å². The van der Waals surface area contributed by atoms with Crippen LogP contribution in [0.4, 0.5) is 5.69 Å². The summed E-state index contributed by atoms with van der Waals surface area (Å²) in [6, 6.07) is 7.47. The maximum atomic E-state index is 10.4. The molecule has 0 unspecified atom stereocenters. The third kappa shape index (κ3) is 4.00. The van der Waals surface area contributed by atoms with Gasteiger partial charge in [0, 0.05) is 5.53 Å². The first kappa shape index (κ1) is 13.3. The molecule has 0 bridgehead atoms. The zero-order valence-corrected chi connectivity index (χ0v) is 7.98. The lowest BCUT2D eigenvalue weighted by Gasteiger charge is -2.08. The molecule has 0 spiro atoms. The summed E-state index contributed by atoms with van der Waals surface area (Å²) in [6.45, 7) is 2.00. The molecule has 9 nitrogen and oxygen atoms in total. The summed E-state index contributed by atoms with van der Waals surface area (Å²) in [5.41, 5.74) is 1.53. The van der Waals surface area contributed by atoms with E-state index in [4.69, 9.17) is 4.79 Å². The quantitative estimate of drug-likeness (QED) is 0.577. The molecule has 0 heterocycles. The van der Waals surface area contributed by atoms with E-state index in [9.17, 15) is 20.2 Å². The Hall–Kier alpha value is -2.71. The van der Waals surface area contributed by atoms with Crippen molar-refractivity contribution in [3.8, 4) is 0 Å². The number of hydrazine groups is 3. The number of nitro groups is 2. The minimum Gasteiger partial charge on any atom is -0.307 e. The van der Waals surface area contributed by atoms with Crippen LogP contribution in [0.25, 0.3) is 0 Å². The number of benzene rings is 1. The predicted molar refractivity (Wildman–Crippen MR) is 53.2 cm³/mol. The summed E-state index contributed by atoms with van der Waals surface area (Å²) in [5.74, 6) is 0. The SMILES string of the molecule is C=O.O=[N+]([O-])NN(c1ccccc1)[N+](=O)[O-]. The van der Waals surface area contributed by atoms with Gasteiger partial charge in [-0.1, -0.05) is 18.2 Å². The zero-order chi connectivity index (χ0) is 12.6. The summed E-state index contributed by atoms with van der Waals surface area (Å²) in [4.78, 5) is 28.4. The van der Waals surface area contributed by atoms with Crippen LogP contribution in [0.5, 0.6) is 0 Å². The number of anilines is 1. The van der Waals surface area contributed by atoms with Crippen molar-refractivity contribution >= 4 is 12.5 Å². The van der Waals surface area contributed by atoms with E-state index in [2.05, 4.69) is 0 Å². The van der Waals surface area contributed by atoms with Gasteiger partial charge in [0.1, 0.15) is 12.5 Å². The number of nitrogens with one attached hydrogen (secondary N) is 1. The Morgan fingerprint density at radius 1 is 1.12 bits per heavy atom. The average Bonchev–Trinajstić information content (AvgIpc) is 2.29. The fraction of sp³-hybridized carbons (Fsp3) is 0. The van der Waals surface area contributed by atoms with Crippen molar-refractivity contribution in [2.24, 2.45) is 0 Å². The van der Waals surface area contributed by atoms with Crippen molar-refractivity contribution < 1.29 is 14.9 Å². The summed E-state index contributed by atoms with van der Waals surface area (Å²) in [6.07, 6.45) is 0. The molecule has 0 amide bonds. The molecule has 1 N–H and O–H groups in total. The monoisotopic (exact) mass is 228 g/mol. The van der Waals surface area contributed by atoms with Crippen molar-refractivity contribution in [3.63, 3.8) is 0 Å². The molecule has 16 heavy (non-hydrogen) atoms. The number of carbonyl (C=O) groups excluding carboxylic acids is 1. The molecule has 0 aliphatic rings. The number of nitrogens with zero attached hydrogens (tertiary/aromatic N) is 3. The van der Waals surface area contributed by atoms with Crippen LogP contribution in [0.1, 0.15) is 0 Å². The minimum absolute atomic E-state index is 0.0780. The van der Waals surface area contributed by atoms with Crippen LogP contribution in [0.3, 0.4) is 0 Å². The standard InChI is InChI=1S/C6H6N4O4.CH2O/c11-9(12)7-8(10(13)14)6-4-2-1-3-5-6;1-2/h1-5,7H;1H2. The number of rotatable bonds is 4. The summed E-state index contributed by atoms with van der Waals surface area (Å²) < 4.78 is 0. The zero-order valence-electron chi connectivity index (χ0n) is 7.98. The Labute approximate surface area is 89.5 Å². The second kappa shape index (κ2) is 6.70. The third-order valence-corrected chi connectivity index (χ3v) is 1.34. The Morgan fingerprint density at radius 3 is 2.00 bits per heavy atom. The largest absolute Gasteiger partial charge is 0.307 e. The van der Waals surface area contributed by atoms with Gasteiger partial charge in [-0.05, 0) is 12.1 Å². The molecule has 1 rings (SSSR count). The average molecular weight is 228 g/mol. The Morgan fingerprint density at radius 2 is 1.62 bits per heavy atom. The number of hydrogen-bond donors (Lipinski definition) is 1. The van der Waals surface area contributed by atoms with Crippen molar-refractivity contribution in [1.29, 1.82) is 0 Å². The summed E-state index contributed by atoms with van der Waals surface area (Å²) in [5, 5.41) is 18.7. The van der Waals surface area contributed by atoms with Crippen molar-refractivity contribution in [2.45, 2.75) is 0 Å². The molecule has 0 radical (unpaired) electrons. The smallest absolute Gasteiger partial charge is 0.190 e. The number of para-hydroxylation sites is 1. The van der Waals surface area contributed by atoms with Gasteiger partial charge in [0.25, 0.3) is 0 Å². The number of carbonyl (C=O) groups is 1. The van der Waals surface area contributed by atoms with E-state index in [1.165, 1.54) is 29.8 Å². The molecule has 0 aliphatic carbocycles. The second-order valence-electron chi connectivity index (χ2n) is 2.24. The van der Waals surface area contributed by atoms with Gasteiger partial charge >= 0.3 is 0 Å². The molecule has 0 aliphatic heterocycles. The third-order valence-electron chi connectivity index (χ3n) is 1.34. The molecular formula is C7H8N4O5. The van der Waals surface area contributed by atoms with E-state index in [1.54, 1.807) is 6.07 Å². The molecule has 0 aromatic heterocycles. The highest BCUT2D eigenvalue weighted by Crippen LogP contribution is 2.10. The van der Waals surface area contributed by atoms with Gasteiger partial charge in [-0.25, -0.2) is 20.2 Å². The lowest BCUT2D eigenvalue weighted by molar-refractivity contribution is -0.620. The fourth-order valence-corrected chi connectivity index (χ4v) is 0.835. The fourth-order valence-electron chi connectivity index (χ4n) is 0.835. The van der Waals surface area contributed by atoms with Gasteiger partial charge in [-0.3, -0.25) is 0 Å². The van der Waals surface area contributed by atoms with Gasteiger partial charge in [0.05, 0.1) is 5.12 Å². The normalized spacial score (nSPS) is 8.25. The van der Waals surface area contributed by atoms with Crippen LogP contribution in [0.15, 0.2) is 30.3 Å². The Bertz CT molecular complexity index is 357. The highest BCUT2D eigenvalue weighted by molar-refractivity contribution is 5.41. The van der Waals surface area contributed by atoms with Crippen molar-refractivity contribution in [3.05, 3.63) is 50.6 Å². The highest BCUT2D eigenvalue weighted by Gasteiger charge is 2.21. The van der Waals surface area contributed by atoms with Crippen LogP contribution in [-0.4, -0.2) is 16.9 Å². The van der Waals surface area contributed by atoms with Gasteiger partial charge in [-0.15, -0.1) is 0 Å². The van der Waals surface area contributed by atoms with E-state index >= 15 is 0 Å². The lowest BCUT2D eigenvalue weighted by Crippen LogP contribution is -2.45. The first-order valence-corrected chi connectivity index (χ1v) is 3.80. The molecule has 1 aromatic rings. The first-order chi connectivity index (χ1) is 7.61. The maximum Gasteiger partial charge on any atom is 0.190 e. The van der Waals surface area contributed by atoms with E-state index in [-0.39, 0.29) is 10.8 Å². The maximum absolute atomic E-state index is 10.4. The molecule has 0 fully saturated rings. The number of hydrogen-bond acceptors (Lipinski definition) is 5. The second-order valence-corrected chi connectivity index (χ2v) is 2.24. The van der Waals surface area contributed by atoms with Crippen LogP contribution < -0.4 is 10.7 Å². The highest BCUT2D eigenvalue weighted by atomic mass is 16.7. The van der Waals surface area contributed by atoms with E-state index < -0.39 is 10.1 Å². The summed E-state index contributed by atoms with van der Waals surface area (Å²) >= 11 is 0. The molecule has 1 aromatic carbocycles. The van der Waals surface area contributed by atoms with Crippen LogP contribution >= 0.6 is 0 Å². The van der Waals surface area contributed by atoms with Crippen molar-refractivity contribution in [2.75, 3.05) is 5.12 Å². The van der Waals surface area contributed by atoms with Crippen molar-refractivity contribution in [1.82, 2.24) is 5.53 Å². The Balaban J connectivity index is 0.00000106. The van der Waals surface area contributed by atoms with Gasteiger partial charge in [-0.2, -0.15) is 0 Å². The van der Waals surface area contributed by atoms with E-state index in [0.29, 0.717) is 0 Å². The molecule has 0 atom stereocenters. The van der Waals surface area contributed by atoms with Crippen LogP contribution in [0.2, 0.25) is 0 Å². The molecule has 0 saturated carbocycles. The Kier molecular flexibility index (Phi) is 5.57. The van der Waals surface area contributed by atoms with Gasteiger partial charge in [0.15, 0.2) is 10.1 Å². The topological polar surface area (TPSA) is 119 Å². The molecular weight excluding hydrogens is 220 g/mol. The van der Waals surface area contributed by atoms with Crippen LogP contribution in [0, 0.1) is 20.2 Å². The van der Waals surface area contributed by atoms with E-state index in [1.807, 2.05) is 6.79 Å². The summed E-state index contributed by atoms with van der Waals surface area (Å²) in [7, 11) is 0. The predicted octanol–water partition coefficient (Wildman–Crippen LogP) is 0.196. The lowest BCUT2D eigenvalue weighted by atomic mass is 10.3. The molecule has 0 saturated heterocycles. The van der Waals surface area contributed by atoms with Gasteiger partial charge in [0.2, 0.25) is 0 Å². The van der Waals surface area contributed by atoms with Gasteiger partial charge < -0.3 is 4.79 Å². The molecule has 86 valence electrons. The first-order valence-electron chi connectivity index (χ1n) is 3.80. The minimum atomic E-state index is -1.00. The van der Waals surface area contributed by atoms with Crippen LogP contribution in [-0.2, 0) is 4.79 Å². The molecule has 9 heteroatoms.